The van der Waals surface area contributed by atoms with Gasteiger partial charge in [0.2, 0.25) is 5.91 Å². The van der Waals surface area contributed by atoms with Gasteiger partial charge in [-0.15, -0.1) is 0 Å². The molecule has 266 valence electrons. The van der Waals surface area contributed by atoms with E-state index in [1.807, 2.05) is 72.4 Å². The lowest BCUT2D eigenvalue weighted by Crippen LogP contribution is -2.58. The normalized spacial score (nSPS) is 18.6. The second kappa shape index (κ2) is 17.1. The molecule has 48 heavy (non-hydrogen) atoms. The van der Waals surface area contributed by atoms with E-state index in [9.17, 15) is 14.4 Å². The first-order valence-electron chi connectivity index (χ1n) is 17.4. The molecule has 12 nitrogen and oxygen atoms in total. The van der Waals surface area contributed by atoms with Crippen molar-refractivity contribution in [3.63, 3.8) is 0 Å². The Morgan fingerprint density at radius 2 is 1.75 bits per heavy atom. The fourth-order valence-corrected chi connectivity index (χ4v) is 6.36. The highest BCUT2D eigenvalue weighted by molar-refractivity contribution is 5.94. The topological polar surface area (TPSA) is 116 Å². The summed E-state index contributed by atoms with van der Waals surface area (Å²) in [5, 5.41) is 0. The number of unbranched alkanes of at least 4 members (excludes halogenated alkanes) is 1. The Morgan fingerprint density at radius 1 is 1.04 bits per heavy atom. The number of para-hydroxylation sites is 1. The van der Waals surface area contributed by atoms with Crippen LogP contribution in [-0.2, 0) is 25.4 Å². The molecule has 2 saturated heterocycles. The van der Waals surface area contributed by atoms with Gasteiger partial charge in [0.25, 0.3) is 5.91 Å². The second-order valence-electron chi connectivity index (χ2n) is 14.0. The lowest BCUT2D eigenvalue weighted by atomic mass is 9.91. The second-order valence-corrected chi connectivity index (χ2v) is 14.0. The third-order valence-corrected chi connectivity index (χ3v) is 8.46. The summed E-state index contributed by atoms with van der Waals surface area (Å²) in [7, 11) is 1.68. The number of benzene rings is 1. The van der Waals surface area contributed by atoms with E-state index in [-0.39, 0.29) is 30.8 Å². The van der Waals surface area contributed by atoms with Crippen molar-refractivity contribution in [1.29, 1.82) is 0 Å². The van der Waals surface area contributed by atoms with Crippen molar-refractivity contribution >= 4 is 17.9 Å². The van der Waals surface area contributed by atoms with Gasteiger partial charge < -0.3 is 33.6 Å². The standard InChI is InChI=1S/C36H55N5O7/c1-8-47-34-37-31(30(16-12-13-19-45-7)41(34)28-14-10-9-11-15-28)33(43)40(23-26(2)3)29-22-27(32(42)38-17-20-46-21-18-38)24-39(25-29)35(44)48-36(4,5)6/h9-11,14-15,26-27,29H,8,12-13,16-25H2,1-7H3/t27?,29-/m0/s1. The van der Waals surface area contributed by atoms with Crippen molar-refractivity contribution < 1.29 is 33.3 Å². The maximum atomic E-state index is 14.9. The Morgan fingerprint density at radius 3 is 2.38 bits per heavy atom. The lowest BCUT2D eigenvalue weighted by Gasteiger charge is -2.44. The predicted molar refractivity (Wildman–Crippen MR) is 183 cm³/mol. The number of ether oxygens (including phenoxy) is 4. The molecule has 3 heterocycles. The molecule has 4 rings (SSSR count). The molecule has 2 aromatic rings. The molecule has 0 spiro atoms. The SMILES string of the molecule is CCOc1nc(C(=O)N(CC(C)C)[C@H]2CC(C(=O)N3CCOCC3)CN(C(=O)OC(C)(C)C)C2)c(CCCCOC)n1-c1ccccc1. The minimum atomic E-state index is -0.709. The van der Waals surface area contributed by atoms with Crippen LogP contribution in [0.3, 0.4) is 0 Å². The fourth-order valence-electron chi connectivity index (χ4n) is 6.36. The summed E-state index contributed by atoms with van der Waals surface area (Å²) in [6.45, 7) is 15.4. The number of carbonyl (C=O) groups is 3. The molecule has 12 heteroatoms. The van der Waals surface area contributed by atoms with Gasteiger partial charge >= 0.3 is 12.1 Å². The monoisotopic (exact) mass is 669 g/mol. The molecular weight excluding hydrogens is 614 g/mol. The Labute approximate surface area is 285 Å². The zero-order valence-electron chi connectivity index (χ0n) is 29.9. The number of amides is 3. The number of hydrogen-bond acceptors (Lipinski definition) is 8. The van der Waals surface area contributed by atoms with E-state index in [1.165, 1.54) is 0 Å². The van der Waals surface area contributed by atoms with E-state index in [0.29, 0.717) is 70.6 Å². The van der Waals surface area contributed by atoms with E-state index in [4.69, 9.17) is 23.9 Å². The number of hydrogen-bond donors (Lipinski definition) is 0. The minimum Gasteiger partial charge on any atom is -0.465 e. The summed E-state index contributed by atoms with van der Waals surface area (Å²) >= 11 is 0. The minimum absolute atomic E-state index is 0.0284. The first-order valence-corrected chi connectivity index (χ1v) is 17.4. The van der Waals surface area contributed by atoms with Gasteiger partial charge in [0.15, 0.2) is 5.69 Å². The van der Waals surface area contributed by atoms with Gasteiger partial charge in [-0.05, 0) is 71.4 Å². The Hall–Kier alpha value is -3.64. The van der Waals surface area contributed by atoms with E-state index >= 15 is 0 Å². The average Bonchev–Trinajstić information content (AvgIpc) is 3.42. The predicted octanol–water partition coefficient (Wildman–Crippen LogP) is 4.82. The zero-order chi connectivity index (χ0) is 34.8. The molecule has 2 fully saturated rings. The van der Waals surface area contributed by atoms with Crippen molar-refractivity contribution in [1.82, 2.24) is 24.3 Å². The number of piperidine rings is 1. The maximum absolute atomic E-state index is 14.9. The molecule has 3 amide bonds. The molecule has 1 unspecified atom stereocenters. The zero-order valence-corrected chi connectivity index (χ0v) is 29.9. The highest BCUT2D eigenvalue weighted by Crippen LogP contribution is 2.31. The molecule has 1 aromatic heterocycles. The van der Waals surface area contributed by atoms with Crippen molar-refractivity contribution in [2.24, 2.45) is 11.8 Å². The third kappa shape index (κ3) is 9.72. The molecule has 0 radical (unpaired) electrons. The molecule has 0 saturated carbocycles. The molecule has 2 atom stereocenters. The number of nitrogens with zero attached hydrogens (tertiary/aromatic N) is 5. The van der Waals surface area contributed by atoms with Gasteiger partial charge in [0, 0.05) is 46.4 Å². The molecule has 2 aliphatic heterocycles. The van der Waals surface area contributed by atoms with E-state index in [0.717, 1.165) is 24.2 Å². The number of morpholine rings is 1. The number of aromatic nitrogens is 2. The van der Waals surface area contributed by atoms with Crippen molar-refractivity contribution in [2.45, 2.75) is 78.9 Å². The molecule has 2 aliphatic rings. The molecular formula is C36H55N5O7. The largest absolute Gasteiger partial charge is 0.465 e. The fraction of sp³-hybridized carbons (Fsp3) is 0.667. The Kier molecular flexibility index (Phi) is 13.3. The maximum Gasteiger partial charge on any atom is 0.410 e. The number of rotatable bonds is 13. The number of likely N-dealkylation sites (tertiary alicyclic amines) is 1. The first kappa shape index (κ1) is 37.2. The molecule has 0 N–H and O–H groups in total. The van der Waals surface area contributed by atoms with Crippen LogP contribution < -0.4 is 4.74 Å². The Bertz CT molecular complexity index is 1350. The molecule has 1 aromatic carbocycles. The van der Waals surface area contributed by atoms with E-state index in [2.05, 4.69) is 13.8 Å². The van der Waals surface area contributed by atoms with Gasteiger partial charge in [0.1, 0.15) is 5.60 Å². The van der Waals surface area contributed by atoms with Crippen LogP contribution in [0.15, 0.2) is 30.3 Å². The van der Waals surface area contributed by atoms with E-state index < -0.39 is 23.7 Å². The molecule has 0 aliphatic carbocycles. The van der Waals surface area contributed by atoms with Crippen molar-refractivity contribution in [2.75, 3.05) is 66.3 Å². The summed E-state index contributed by atoms with van der Waals surface area (Å²) in [6.07, 6.45) is 2.13. The summed E-state index contributed by atoms with van der Waals surface area (Å²) in [4.78, 5) is 52.4. The quantitative estimate of drug-likeness (QED) is 0.279. The number of imidazole rings is 1. The summed E-state index contributed by atoms with van der Waals surface area (Å²) < 4.78 is 24.6. The summed E-state index contributed by atoms with van der Waals surface area (Å²) in [5.74, 6) is -0.646. The molecule has 0 bridgehead atoms. The smallest absolute Gasteiger partial charge is 0.410 e. The van der Waals surface area contributed by atoms with Gasteiger partial charge in [0.05, 0.1) is 43.2 Å². The van der Waals surface area contributed by atoms with Crippen LogP contribution >= 0.6 is 0 Å². The number of carbonyl (C=O) groups excluding carboxylic acids is 3. The van der Waals surface area contributed by atoms with Crippen molar-refractivity contribution in [3.05, 3.63) is 41.7 Å². The van der Waals surface area contributed by atoms with Crippen molar-refractivity contribution in [3.8, 4) is 11.7 Å². The van der Waals surface area contributed by atoms with Crippen LogP contribution in [0.1, 0.15) is 77.0 Å². The average molecular weight is 670 g/mol. The highest BCUT2D eigenvalue weighted by Gasteiger charge is 2.42. The van der Waals surface area contributed by atoms with Gasteiger partial charge in [-0.1, -0.05) is 32.0 Å². The van der Waals surface area contributed by atoms with Gasteiger partial charge in [-0.2, -0.15) is 4.98 Å². The highest BCUT2D eigenvalue weighted by atomic mass is 16.6. The summed E-state index contributed by atoms with van der Waals surface area (Å²) in [6, 6.07) is 9.72. The summed E-state index contributed by atoms with van der Waals surface area (Å²) in [5.41, 5.74) is 1.24. The Balaban J connectivity index is 1.76. The van der Waals surface area contributed by atoms with Gasteiger partial charge in [-0.25, -0.2) is 4.79 Å². The third-order valence-electron chi connectivity index (χ3n) is 8.46. The van der Waals surface area contributed by atoms with Crippen LogP contribution in [0, 0.1) is 11.8 Å². The number of methoxy groups -OCH3 is 1. The van der Waals surface area contributed by atoms with Gasteiger partial charge in [-0.3, -0.25) is 14.2 Å². The lowest BCUT2D eigenvalue weighted by molar-refractivity contribution is -0.142. The first-order chi connectivity index (χ1) is 22.9. The van der Waals surface area contributed by atoms with Crippen LogP contribution in [0.25, 0.3) is 5.69 Å². The van der Waals surface area contributed by atoms with Crippen LogP contribution in [0.4, 0.5) is 4.79 Å². The van der Waals surface area contributed by atoms with Crippen LogP contribution in [-0.4, -0.2) is 120 Å². The van der Waals surface area contributed by atoms with Crippen LogP contribution in [0.5, 0.6) is 6.01 Å². The van der Waals surface area contributed by atoms with E-state index in [1.54, 1.807) is 12.0 Å². The van der Waals surface area contributed by atoms with Crippen LogP contribution in [0.2, 0.25) is 0 Å².